The summed E-state index contributed by atoms with van der Waals surface area (Å²) in [6, 6.07) is 0.767. The highest BCUT2D eigenvalue weighted by Crippen LogP contribution is 2.25. The summed E-state index contributed by atoms with van der Waals surface area (Å²) in [5.41, 5.74) is 5.94. The first-order valence-corrected chi connectivity index (χ1v) is 7.36. The van der Waals surface area contributed by atoms with Crippen LogP contribution in [-0.2, 0) is 9.53 Å². The Kier molecular flexibility index (Phi) is 5.01. The maximum absolute atomic E-state index is 12.5. The SMILES string of the molecule is CCN(C(=O)C1CCOCC1)C1CCC(N)CC1. The fourth-order valence-corrected chi connectivity index (χ4v) is 3.19. The normalized spacial score (nSPS) is 30.1. The molecule has 1 heterocycles. The van der Waals surface area contributed by atoms with E-state index < -0.39 is 0 Å². The van der Waals surface area contributed by atoms with Crippen molar-refractivity contribution >= 4 is 5.91 Å². The molecule has 4 nitrogen and oxygen atoms in total. The molecule has 0 spiro atoms. The lowest BCUT2D eigenvalue weighted by Gasteiger charge is -2.38. The van der Waals surface area contributed by atoms with E-state index in [2.05, 4.69) is 11.8 Å². The van der Waals surface area contributed by atoms with E-state index in [1.54, 1.807) is 0 Å². The summed E-state index contributed by atoms with van der Waals surface area (Å²) in [5, 5.41) is 0. The minimum Gasteiger partial charge on any atom is -0.381 e. The molecule has 0 radical (unpaired) electrons. The Bertz CT molecular complexity index is 269. The third-order valence-corrected chi connectivity index (χ3v) is 4.38. The molecule has 0 atom stereocenters. The van der Waals surface area contributed by atoms with E-state index in [1.165, 1.54) is 0 Å². The molecule has 1 amide bonds. The summed E-state index contributed by atoms with van der Waals surface area (Å²) < 4.78 is 5.34. The van der Waals surface area contributed by atoms with Crippen molar-refractivity contribution in [1.82, 2.24) is 4.90 Å². The predicted molar refractivity (Wildman–Crippen MR) is 71.2 cm³/mol. The van der Waals surface area contributed by atoms with Crippen molar-refractivity contribution in [2.45, 2.75) is 57.5 Å². The summed E-state index contributed by atoms with van der Waals surface area (Å²) in [4.78, 5) is 14.6. The van der Waals surface area contributed by atoms with E-state index in [1.807, 2.05) is 0 Å². The molecule has 1 saturated heterocycles. The van der Waals surface area contributed by atoms with Gasteiger partial charge in [-0.2, -0.15) is 0 Å². The van der Waals surface area contributed by atoms with Crippen LogP contribution in [0, 0.1) is 5.92 Å². The quantitative estimate of drug-likeness (QED) is 0.831. The molecule has 2 rings (SSSR count). The molecule has 4 heteroatoms. The molecule has 104 valence electrons. The van der Waals surface area contributed by atoms with E-state index in [-0.39, 0.29) is 5.92 Å². The number of amides is 1. The zero-order valence-corrected chi connectivity index (χ0v) is 11.4. The van der Waals surface area contributed by atoms with Gasteiger partial charge in [-0.1, -0.05) is 0 Å². The topological polar surface area (TPSA) is 55.6 Å². The molecule has 0 bridgehead atoms. The van der Waals surface area contributed by atoms with Crippen LogP contribution >= 0.6 is 0 Å². The fraction of sp³-hybridized carbons (Fsp3) is 0.929. The average molecular weight is 254 g/mol. The summed E-state index contributed by atoms with van der Waals surface area (Å²) in [6.07, 6.45) is 6.04. The van der Waals surface area contributed by atoms with Gasteiger partial charge in [-0.15, -0.1) is 0 Å². The average Bonchev–Trinajstić information content (AvgIpc) is 2.42. The first-order chi connectivity index (χ1) is 8.72. The van der Waals surface area contributed by atoms with Crippen molar-refractivity contribution in [1.29, 1.82) is 0 Å². The van der Waals surface area contributed by atoms with Gasteiger partial charge < -0.3 is 15.4 Å². The molecular weight excluding hydrogens is 228 g/mol. The molecule has 1 aliphatic carbocycles. The molecule has 2 fully saturated rings. The highest BCUT2D eigenvalue weighted by Gasteiger charge is 2.31. The third kappa shape index (κ3) is 3.23. The van der Waals surface area contributed by atoms with Crippen LogP contribution in [0.4, 0.5) is 0 Å². The van der Waals surface area contributed by atoms with Crippen LogP contribution < -0.4 is 5.73 Å². The maximum atomic E-state index is 12.5. The molecule has 18 heavy (non-hydrogen) atoms. The van der Waals surface area contributed by atoms with E-state index in [9.17, 15) is 4.79 Å². The van der Waals surface area contributed by atoms with Crippen molar-refractivity contribution in [3.63, 3.8) is 0 Å². The predicted octanol–water partition coefficient (Wildman–Crippen LogP) is 1.53. The Balaban J connectivity index is 1.92. The molecule has 0 aromatic rings. The first kappa shape index (κ1) is 13.8. The van der Waals surface area contributed by atoms with Gasteiger partial charge in [-0.25, -0.2) is 0 Å². The number of hydrogen-bond donors (Lipinski definition) is 1. The lowest BCUT2D eigenvalue weighted by Crippen LogP contribution is -2.47. The highest BCUT2D eigenvalue weighted by atomic mass is 16.5. The fourth-order valence-electron chi connectivity index (χ4n) is 3.19. The Morgan fingerprint density at radius 1 is 1.17 bits per heavy atom. The first-order valence-electron chi connectivity index (χ1n) is 7.36. The molecule has 1 aliphatic heterocycles. The summed E-state index contributed by atoms with van der Waals surface area (Å²) in [6.45, 7) is 4.40. The van der Waals surface area contributed by atoms with Crippen LogP contribution in [-0.4, -0.2) is 42.6 Å². The van der Waals surface area contributed by atoms with Crippen LogP contribution in [0.2, 0.25) is 0 Å². The number of nitrogens with two attached hydrogens (primary N) is 1. The van der Waals surface area contributed by atoms with E-state index >= 15 is 0 Å². The summed E-state index contributed by atoms with van der Waals surface area (Å²) in [5.74, 6) is 0.538. The standard InChI is InChI=1S/C14H26N2O2/c1-2-16(13-5-3-12(15)4-6-13)14(17)11-7-9-18-10-8-11/h11-13H,2-10,15H2,1H3. The monoisotopic (exact) mass is 254 g/mol. The third-order valence-electron chi connectivity index (χ3n) is 4.38. The number of ether oxygens (including phenoxy) is 1. The molecule has 0 aromatic carbocycles. The van der Waals surface area contributed by atoms with E-state index in [4.69, 9.17) is 10.5 Å². The molecule has 2 N–H and O–H groups in total. The van der Waals surface area contributed by atoms with E-state index in [0.717, 1.165) is 58.3 Å². The molecule has 0 unspecified atom stereocenters. The van der Waals surface area contributed by atoms with Gasteiger partial charge in [0.1, 0.15) is 0 Å². The van der Waals surface area contributed by atoms with Crippen molar-refractivity contribution in [3.05, 3.63) is 0 Å². The van der Waals surface area contributed by atoms with Gasteiger partial charge in [0.2, 0.25) is 5.91 Å². The minimum absolute atomic E-state index is 0.189. The van der Waals surface area contributed by atoms with Crippen molar-refractivity contribution in [2.24, 2.45) is 11.7 Å². The summed E-state index contributed by atoms with van der Waals surface area (Å²) >= 11 is 0. The van der Waals surface area contributed by atoms with Gasteiger partial charge in [-0.05, 0) is 45.4 Å². The van der Waals surface area contributed by atoms with Gasteiger partial charge >= 0.3 is 0 Å². The number of hydrogen-bond acceptors (Lipinski definition) is 3. The maximum Gasteiger partial charge on any atom is 0.226 e. The highest BCUT2D eigenvalue weighted by molar-refractivity contribution is 5.79. The van der Waals surface area contributed by atoms with Gasteiger partial charge in [0.25, 0.3) is 0 Å². The Labute approximate surface area is 110 Å². The van der Waals surface area contributed by atoms with E-state index in [0.29, 0.717) is 18.0 Å². The van der Waals surface area contributed by atoms with Gasteiger partial charge in [-0.3, -0.25) is 4.79 Å². The van der Waals surface area contributed by atoms with Gasteiger partial charge in [0.15, 0.2) is 0 Å². The van der Waals surface area contributed by atoms with Crippen LogP contribution in [0.25, 0.3) is 0 Å². The van der Waals surface area contributed by atoms with Crippen LogP contribution in [0.1, 0.15) is 45.4 Å². The lowest BCUT2D eigenvalue weighted by molar-refractivity contribution is -0.141. The van der Waals surface area contributed by atoms with Crippen LogP contribution in [0.5, 0.6) is 0 Å². The molecule has 1 saturated carbocycles. The second kappa shape index (κ2) is 6.53. The van der Waals surface area contributed by atoms with Gasteiger partial charge in [0, 0.05) is 37.8 Å². The van der Waals surface area contributed by atoms with Crippen LogP contribution in [0.15, 0.2) is 0 Å². The number of carbonyl (C=O) groups is 1. The second-order valence-corrected chi connectivity index (χ2v) is 5.58. The largest absolute Gasteiger partial charge is 0.381 e. The number of nitrogens with zero attached hydrogens (tertiary/aromatic N) is 1. The van der Waals surface area contributed by atoms with Crippen molar-refractivity contribution in [2.75, 3.05) is 19.8 Å². The Hall–Kier alpha value is -0.610. The van der Waals surface area contributed by atoms with Gasteiger partial charge in [0.05, 0.1) is 0 Å². The van der Waals surface area contributed by atoms with Crippen molar-refractivity contribution in [3.8, 4) is 0 Å². The molecule has 0 aromatic heterocycles. The smallest absolute Gasteiger partial charge is 0.226 e. The van der Waals surface area contributed by atoms with Crippen LogP contribution in [0.3, 0.4) is 0 Å². The Morgan fingerprint density at radius 3 is 2.33 bits per heavy atom. The van der Waals surface area contributed by atoms with Crippen molar-refractivity contribution < 1.29 is 9.53 Å². The Morgan fingerprint density at radius 2 is 1.78 bits per heavy atom. The lowest BCUT2D eigenvalue weighted by atomic mass is 9.89. The minimum atomic E-state index is 0.189. The second-order valence-electron chi connectivity index (χ2n) is 5.58. The molecule has 2 aliphatic rings. The number of rotatable bonds is 3. The number of carbonyl (C=O) groups excluding carboxylic acids is 1. The summed E-state index contributed by atoms with van der Waals surface area (Å²) in [7, 11) is 0. The zero-order valence-electron chi connectivity index (χ0n) is 11.4. The zero-order chi connectivity index (χ0) is 13.0. The molecular formula is C14H26N2O2.